The molecule has 1 aromatic carbocycles. The van der Waals surface area contributed by atoms with Crippen LogP contribution in [0.5, 0.6) is 0 Å². The van der Waals surface area contributed by atoms with Crippen LogP contribution in [0.1, 0.15) is 12.8 Å². The van der Waals surface area contributed by atoms with E-state index in [1.54, 1.807) is 0 Å². The molecule has 0 bridgehead atoms. The van der Waals surface area contributed by atoms with Crippen molar-refractivity contribution in [2.45, 2.75) is 23.9 Å². The largest absolute Gasteiger partial charge is 0.244 e. The molecular weight excluding hydrogens is 259 g/mol. The molecule has 1 atom stereocenters. The number of aliphatic imine (C=N–C) groups is 1. The summed E-state index contributed by atoms with van der Waals surface area (Å²) >= 11 is 0. The second-order valence-corrected chi connectivity index (χ2v) is 5.80. The molecule has 1 aliphatic rings. The lowest BCUT2D eigenvalue weighted by molar-refractivity contribution is 0.395. The highest BCUT2D eigenvalue weighted by molar-refractivity contribution is 7.89. The maximum Gasteiger partial charge on any atom is 0.244 e. The first-order chi connectivity index (χ1) is 8.55. The predicted molar refractivity (Wildman–Crippen MR) is 61.4 cm³/mol. The second-order valence-electron chi connectivity index (χ2n) is 3.91. The molecule has 1 fully saturated rings. The summed E-state index contributed by atoms with van der Waals surface area (Å²) in [7, 11) is -3.73. The smallest absolute Gasteiger partial charge is 0.211 e. The van der Waals surface area contributed by atoms with Crippen LogP contribution in [-0.2, 0) is 14.8 Å². The Hall–Kier alpha value is -1.56. The lowest BCUT2D eigenvalue weighted by Gasteiger charge is -2.19. The maximum absolute atomic E-state index is 12.8. The number of benzene rings is 1. The Morgan fingerprint density at radius 2 is 2.00 bits per heavy atom. The molecule has 0 radical (unpaired) electrons. The topological polar surface area (TPSA) is 66.8 Å². The van der Waals surface area contributed by atoms with Gasteiger partial charge in [0.1, 0.15) is 12.0 Å². The summed E-state index contributed by atoms with van der Waals surface area (Å²) < 4.78 is 38.4. The van der Waals surface area contributed by atoms with E-state index in [0.29, 0.717) is 19.4 Å². The van der Waals surface area contributed by atoms with Gasteiger partial charge in [-0.3, -0.25) is 0 Å². The lowest BCUT2D eigenvalue weighted by Crippen LogP contribution is -2.34. The third kappa shape index (κ3) is 2.33. The van der Waals surface area contributed by atoms with Gasteiger partial charge in [-0.15, -0.1) is 0 Å². The van der Waals surface area contributed by atoms with Gasteiger partial charge in [-0.05, 0) is 37.1 Å². The minimum Gasteiger partial charge on any atom is -0.211 e. The van der Waals surface area contributed by atoms with Crippen LogP contribution < -0.4 is 0 Å². The maximum atomic E-state index is 12.8. The standard InChI is InChI=1S/C11H11FN2O3S/c12-9-3-5-10(6-4-9)18(16,17)14-7-1-2-11(14)13-8-15/h3-6,11H,1-2,7H2/t11-/m0/s1. The number of sulfonamides is 1. The van der Waals surface area contributed by atoms with Crippen LogP contribution in [0.15, 0.2) is 34.2 Å². The van der Waals surface area contributed by atoms with Crippen molar-refractivity contribution in [3.05, 3.63) is 30.1 Å². The summed E-state index contributed by atoms with van der Waals surface area (Å²) in [4.78, 5) is 13.7. The second kappa shape index (κ2) is 4.97. The molecule has 1 aliphatic heterocycles. The van der Waals surface area contributed by atoms with E-state index in [9.17, 15) is 17.6 Å². The first kappa shape index (κ1) is 12.9. The van der Waals surface area contributed by atoms with Crippen molar-refractivity contribution in [3.8, 4) is 0 Å². The van der Waals surface area contributed by atoms with Crippen molar-refractivity contribution in [2.24, 2.45) is 4.99 Å². The van der Waals surface area contributed by atoms with Crippen LogP contribution in [0.4, 0.5) is 4.39 Å². The van der Waals surface area contributed by atoms with Crippen molar-refractivity contribution >= 4 is 16.1 Å². The summed E-state index contributed by atoms with van der Waals surface area (Å²) in [5, 5.41) is 0. The zero-order chi connectivity index (χ0) is 13.2. The number of rotatable bonds is 3. The zero-order valence-electron chi connectivity index (χ0n) is 9.41. The molecule has 0 N–H and O–H groups in total. The average molecular weight is 270 g/mol. The number of halogens is 1. The van der Waals surface area contributed by atoms with Gasteiger partial charge in [0.05, 0.1) is 4.90 Å². The Labute approximate surface area is 104 Å². The van der Waals surface area contributed by atoms with Crippen molar-refractivity contribution < 1.29 is 17.6 Å². The van der Waals surface area contributed by atoms with E-state index in [1.165, 1.54) is 18.2 Å². The minimum atomic E-state index is -3.73. The van der Waals surface area contributed by atoms with Crippen LogP contribution in [0.2, 0.25) is 0 Å². The predicted octanol–water partition coefficient (Wildman–Crippen LogP) is 1.27. The fourth-order valence-electron chi connectivity index (χ4n) is 1.93. The van der Waals surface area contributed by atoms with Crippen LogP contribution in [-0.4, -0.2) is 31.5 Å². The monoisotopic (exact) mass is 270 g/mol. The fraction of sp³-hybridized carbons (Fsp3) is 0.364. The number of isocyanates is 1. The first-order valence-electron chi connectivity index (χ1n) is 5.40. The molecule has 1 saturated heterocycles. The quantitative estimate of drug-likeness (QED) is 0.613. The van der Waals surface area contributed by atoms with Gasteiger partial charge in [0, 0.05) is 6.54 Å². The van der Waals surface area contributed by atoms with E-state index in [-0.39, 0.29) is 4.90 Å². The van der Waals surface area contributed by atoms with Crippen molar-refractivity contribution in [1.82, 2.24) is 4.31 Å². The van der Waals surface area contributed by atoms with Crippen LogP contribution in [0.3, 0.4) is 0 Å². The third-order valence-electron chi connectivity index (χ3n) is 2.80. The van der Waals surface area contributed by atoms with E-state index in [4.69, 9.17) is 0 Å². The van der Waals surface area contributed by atoms with Gasteiger partial charge in [-0.25, -0.2) is 17.6 Å². The lowest BCUT2D eigenvalue weighted by atomic mass is 10.3. The molecule has 5 nitrogen and oxygen atoms in total. The molecule has 0 amide bonds. The third-order valence-corrected chi connectivity index (χ3v) is 4.71. The van der Waals surface area contributed by atoms with Gasteiger partial charge in [0.15, 0.2) is 0 Å². The Bertz CT molecular complexity index is 579. The number of carbonyl (C=O) groups excluding carboxylic acids is 1. The highest BCUT2D eigenvalue weighted by Gasteiger charge is 2.35. The van der Waals surface area contributed by atoms with Crippen LogP contribution >= 0.6 is 0 Å². The summed E-state index contributed by atoms with van der Waals surface area (Å²) in [5.41, 5.74) is 0. The van der Waals surface area contributed by atoms with Gasteiger partial charge < -0.3 is 0 Å². The Kier molecular flexibility index (Phi) is 3.56. The average Bonchev–Trinajstić information content (AvgIpc) is 2.79. The molecule has 0 aromatic heterocycles. The summed E-state index contributed by atoms with van der Waals surface area (Å²) in [6.45, 7) is 0.301. The van der Waals surface area contributed by atoms with E-state index >= 15 is 0 Å². The van der Waals surface area contributed by atoms with Gasteiger partial charge in [0.25, 0.3) is 0 Å². The number of hydrogen-bond acceptors (Lipinski definition) is 4. The SMILES string of the molecule is O=C=N[C@@H]1CCCN1S(=O)(=O)c1ccc(F)cc1. The summed E-state index contributed by atoms with van der Waals surface area (Å²) in [5.74, 6) is -0.502. The summed E-state index contributed by atoms with van der Waals surface area (Å²) in [6, 6.07) is 4.57. The van der Waals surface area contributed by atoms with E-state index in [2.05, 4.69) is 4.99 Å². The molecule has 2 rings (SSSR count). The van der Waals surface area contributed by atoms with Gasteiger partial charge in [-0.1, -0.05) is 0 Å². The van der Waals surface area contributed by atoms with E-state index < -0.39 is 22.0 Å². The fourth-order valence-corrected chi connectivity index (χ4v) is 3.53. The number of nitrogens with zero attached hydrogens (tertiary/aromatic N) is 2. The molecule has 1 aromatic rings. The molecule has 0 aliphatic carbocycles. The minimum absolute atomic E-state index is 0.00287. The molecule has 0 saturated carbocycles. The highest BCUT2D eigenvalue weighted by Crippen LogP contribution is 2.26. The molecule has 1 heterocycles. The van der Waals surface area contributed by atoms with Crippen molar-refractivity contribution in [3.63, 3.8) is 0 Å². The van der Waals surface area contributed by atoms with Crippen LogP contribution in [0.25, 0.3) is 0 Å². The zero-order valence-corrected chi connectivity index (χ0v) is 10.2. The molecule has 0 unspecified atom stereocenters. The highest BCUT2D eigenvalue weighted by atomic mass is 32.2. The van der Waals surface area contributed by atoms with E-state index in [1.807, 2.05) is 0 Å². The molecule has 18 heavy (non-hydrogen) atoms. The van der Waals surface area contributed by atoms with Gasteiger partial charge in [-0.2, -0.15) is 9.30 Å². The molecule has 7 heteroatoms. The Morgan fingerprint density at radius 3 is 2.61 bits per heavy atom. The van der Waals surface area contributed by atoms with Gasteiger partial charge in [0.2, 0.25) is 16.1 Å². The van der Waals surface area contributed by atoms with Crippen molar-refractivity contribution in [1.29, 1.82) is 0 Å². The normalized spacial score (nSPS) is 20.6. The number of hydrogen-bond donors (Lipinski definition) is 0. The molecule has 0 spiro atoms. The molecular formula is C11H11FN2O3S. The Balaban J connectivity index is 2.36. The van der Waals surface area contributed by atoms with Crippen LogP contribution in [0, 0.1) is 5.82 Å². The molecule has 96 valence electrons. The van der Waals surface area contributed by atoms with Crippen molar-refractivity contribution in [2.75, 3.05) is 6.54 Å². The van der Waals surface area contributed by atoms with E-state index in [0.717, 1.165) is 16.4 Å². The Morgan fingerprint density at radius 1 is 1.33 bits per heavy atom. The van der Waals surface area contributed by atoms with Gasteiger partial charge >= 0.3 is 0 Å². The summed E-state index contributed by atoms with van der Waals surface area (Å²) in [6.07, 6.45) is 1.82. The first-order valence-corrected chi connectivity index (χ1v) is 6.84.